The van der Waals surface area contributed by atoms with Gasteiger partial charge in [0.1, 0.15) is 5.75 Å². The number of imidazole rings is 1. The minimum atomic E-state index is 0.552. The summed E-state index contributed by atoms with van der Waals surface area (Å²) >= 11 is 0. The minimum absolute atomic E-state index is 0.552. The molecule has 0 aliphatic carbocycles. The van der Waals surface area contributed by atoms with E-state index >= 15 is 0 Å². The summed E-state index contributed by atoms with van der Waals surface area (Å²) in [7, 11) is 0. The first-order valence-electron chi connectivity index (χ1n) is 7.91. The average Bonchev–Trinajstić information content (AvgIpc) is 2.89. The zero-order chi connectivity index (χ0) is 15.4. The van der Waals surface area contributed by atoms with Gasteiger partial charge in [-0.25, -0.2) is 9.55 Å². The van der Waals surface area contributed by atoms with Gasteiger partial charge in [0.2, 0.25) is 0 Å². The van der Waals surface area contributed by atoms with Gasteiger partial charge in [0.15, 0.2) is 17.6 Å². The predicted octanol–water partition coefficient (Wildman–Crippen LogP) is 4.08. The minimum Gasteiger partial charge on any atom is -0.481 e. The van der Waals surface area contributed by atoms with E-state index in [1.54, 1.807) is 0 Å². The number of benzene rings is 2. The van der Waals surface area contributed by atoms with Crippen molar-refractivity contribution in [3.05, 3.63) is 60.4 Å². The summed E-state index contributed by atoms with van der Waals surface area (Å²) in [5, 5.41) is 0. The van der Waals surface area contributed by atoms with Crippen LogP contribution < -0.4 is 9.30 Å². The highest BCUT2D eigenvalue weighted by atomic mass is 16.5. The second-order valence-corrected chi connectivity index (χ2v) is 6.02. The number of nitrogens with one attached hydrogen (secondary N) is 1. The molecule has 3 nitrogen and oxygen atoms in total. The van der Waals surface area contributed by atoms with E-state index in [9.17, 15) is 0 Å². The van der Waals surface area contributed by atoms with Crippen LogP contribution in [-0.4, -0.2) is 4.98 Å². The molecule has 0 unspecified atom stereocenters. The van der Waals surface area contributed by atoms with Gasteiger partial charge >= 0.3 is 0 Å². The number of rotatable bonds is 6. The molecule has 1 N–H and O–H groups in total. The number of aromatic amines is 1. The van der Waals surface area contributed by atoms with E-state index in [2.05, 4.69) is 47.7 Å². The predicted molar refractivity (Wildman–Crippen MR) is 88.7 cm³/mol. The van der Waals surface area contributed by atoms with Gasteiger partial charge in [-0.1, -0.05) is 44.2 Å². The number of aryl methyl sites for hydroxylation is 1. The number of hydrogen-bond donors (Lipinski definition) is 1. The average molecular weight is 295 g/mol. The van der Waals surface area contributed by atoms with Gasteiger partial charge < -0.3 is 4.74 Å². The lowest BCUT2D eigenvalue weighted by Gasteiger charge is -2.06. The molecule has 0 saturated carbocycles. The number of H-pyrrole nitrogens is 1. The molecule has 114 valence electrons. The Bertz CT molecular complexity index is 732. The quantitative estimate of drug-likeness (QED) is 0.682. The Hall–Kier alpha value is -2.29. The Labute approximate surface area is 131 Å². The number of para-hydroxylation sites is 3. The molecule has 1 aromatic heterocycles. The van der Waals surface area contributed by atoms with Gasteiger partial charge in [-0.2, -0.15) is 0 Å². The molecular formula is C19H23N2O+. The van der Waals surface area contributed by atoms with Crippen LogP contribution in [0.5, 0.6) is 5.75 Å². The molecule has 0 radical (unpaired) electrons. The summed E-state index contributed by atoms with van der Waals surface area (Å²) in [5.74, 6) is 2.70. The fourth-order valence-electron chi connectivity index (χ4n) is 2.61. The van der Waals surface area contributed by atoms with Crippen molar-refractivity contribution in [1.82, 2.24) is 4.98 Å². The van der Waals surface area contributed by atoms with Crippen molar-refractivity contribution in [1.29, 1.82) is 0 Å². The third-order valence-electron chi connectivity index (χ3n) is 3.85. The molecule has 0 atom stereocenters. The lowest BCUT2D eigenvalue weighted by atomic mass is 10.1. The van der Waals surface area contributed by atoms with Crippen LogP contribution in [0.2, 0.25) is 0 Å². The summed E-state index contributed by atoms with van der Waals surface area (Å²) in [6, 6.07) is 18.4. The van der Waals surface area contributed by atoms with E-state index in [0.717, 1.165) is 30.1 Å². The number of hydrogen-bond acceptors (Lipinski definition) is 1. The van der Waals surface area contributed by atoms with Crippen molar-refractivity contribution >= 4 is 11.0 Å². The number of aromatic nitrogens is 2. The molecule has 0 spiro atoms. The van der Waals surface area contributed by atoms with E-state index in [4.69, 9.17) is 4.74 Å². The first-order valence-corrected chi connectivity index (χ1v) is 7.91. The van der Waals surface area contributed by atoms with E-state index in [1.165, 1.54) is 5.52 Å². The Kier molecular flexibility index (Phi) is 4.42. The molecule has 3 aromatic rings. The van der Waals surface area contributed by atoms with Gasteiger partial charge in [0, 0.05) is 0 Å². The van der Waals surface area contributed by atoms with Crippen LogP contribution in [-0.2, 0) is 13.2 Å². The largest absolute Gasteiger partial charge is 0.481 e. The number of nitrogens with zero attached hydrogens (tertiary/aromatic N) is 1. The Morgan fingerprint density at radius 2 is 1.73 bits per heavy atom. The molecule has 0 aliphatic heterocycles. The van der Waals surface area contributed by atoms with Gasteiger partial charge in [-0.15, -0.1) is 0 Å². The highest BCUT2D eigenvalue weighted by molar-refractivity contribution is 5.70. The van der Waals surface area contributed by atoms with E-state index in [-0.39, 0.29) is 0 Å². The second-order valence-electron chi connectivity index (χ2n) is 6.02. The van der Waals surface area contributed by atoms with Crippen molar-refractivity contribution in [2.75, 3.05) is 0 Å². The SMILES string of the molecule is CC(C)CC[n+]1c(COc2ccccc2)[nH]c2ccccc21. The van der Waals surface area contributed by atoms with E-state index in [1.807, 2.05) is 30.3 Å². The maximum Gasteiger partial charge on any atom is 0.293 e. The van der Waals surface area contributed by atoms with Crippen LogP contribution in [0.3, 0.4) is 0 Å². The zero-order valence-corrected chi connectivity index (χ0v) is 13.3. The molecule has 3 heteroatoms. The van der Waals surface area contributed by atoms with Crippen LogP contribution in [0.1, 0.15) is 26.1 Å². The lowest BCUT2D eigenvalue weighted by Crippen LogP contribution is -2.38. The van der Waals surface area contributed by atoms with E-state index < -0.39 is 0 Å². The first kappa shape index (κ1) is 14.6. The van der Waals surface area contributed by atoms with Gasteiger partial charge in [-0.3, -0.25) is 0 Å². The maximum atomic E-state index is 5.92. The third kappa shape index (κ3) is 3.30. The maximum absolute atomic E-state index is 5.92. The third-order valence-corrected chi connectivity index (χ3v) is 3.85. The van der Waals surface area contributed by atoms with Crippen LogP contribution >= 0.6 is 0 Å². The highest BCUT2D eigenvalue weighted by Gasteiger charge is 2.18. The summed E-state index contributed by atoms with van der Waals surface area (Å²) in [6.45, 7) is 6.08. The molecule has 0 amide bonds. The lowest BCUT2D eigenvalue weighted by molar-refractivity contribution is -0.681. The van der Waals surface area contributed by atoms with E-state index in [0.29, 0.717) is 12.5 Å². The summed E-state index contributed by atoms with van der Waals surface area (Å²) in [6.07, 6.45) is 1.16. The number of ether oxygens (including phenoxy) is 1. The van der Waals surface area contributed by atoms with Crippen molar-refractivity contribution in [2.24, 2.45) is 5.92 Å². The van der Waals surface area contributed by atoms with Crippen LogP contribution in [0.4, 0.5) is 0 Å². The smallest absolute Gasteiger partial charge is 0.293 e. The normalized spacial score (nSPS) is 11.2. The molecule has 3 rings (SSSR count). The van der Waals surface area contributed by atoms with Crippen LogP contribution in [0, 0.1) is 5.92 Å². The van der Waals surface area contributed by atoms with Crippen LogP contribution in [0.15, 0.2) is 54.6 Å². The Morgan fingerprint density at radius 1 is 1.00 bits per heavy atom. The molecule has 22 heavy (non-hydrogen) atoms. The van der Waals surface area contributed by atoms with Crippen molar-refractivity contribution < 1.29 is 9.30 Å². The fourth-order valence-corrected chi connectivity index (χ4v) is 2.61. The topological polar surface area (TPSA) is 28.9 Å². The van der Waals surface area contributed by atoms with Crippen LogP contribution in [0.25, 0.3) is 11.0 Å². The fraction of sp³-hybridized carbons (Fsp3) is 0.316. The monoisotopic (exact) mass is 295 g/mol. The first-order chi connectivity index (χ1) is 10.7. The Balaban J connectivity index is 1.85. The molecule has 0 saturated heterocycles. The zero-order valence-electron chi connectivity index (χ0n) is 13.3. The Morgan fingerprint density at radius 3 is 2.50 bits per heavy atom. The molecule has 0 fully saturated rings. The summed E-state index contributed by atoms with van der Waals surface area (Å²) in [5.41, 5.74) is 2.41. The molecule has 0 bridgehead atoms. The standard InChI is InChI=1S/C19H22N2O/c1-15(2)12-13-21-18-11-7-6-10-17(18)20-19(21)14-22-16-8-4-3-5-9-16/h3-11,15H,12-14H2,1-2H3/p+1. The molecular weight excluding hydrogens is 272 g/mol. The second kappa shape index (κ2) is 6.65. The summed E-state index contributed by atoms with van der Waals surface area (Å²) in [4.78, 5) is 3.50. The van der Waals surface area contributed by atoms with Gasteiger partial charge in [-0.05, 0) is 36.6 Å². The molecule has 1 heterocycles. The van der Waals surface area contributed by atoms with Crippen molar-refractivity contribution in [2.45, 2.75) is 33.4 Å². The number of fused-ring (bicyclic) bond motifs is 1. The van der Waals surface area contributed by atoms with Gasteiger partial charge in [0.05, 0.1) is 6.54 Å². The molecule has 0 aliphatic rings. The summed E-state index contributed by atoms with van der Waals surface area (Å²) < 4.78 is 8.26. The molecule has 2 aromatic carbocycles. The highest BCUT2D eigenvalue weighted by Crippen LogP contribution is 2.14. The van der Waals surface area contributed by atoms with Gasteiger partial charge in [0.25, 0.3) is 5.82 Å². The van der Waals surface area contributed by atoms with Crippen molar-refractivity contribution in [3.8, 4) is 5.75 Å². The van der Waals surface area contributed by atoms with Crippen molar-refractivity contribution in [3.63, 3.8) is 0 Å².